The summed E-state index contributed by atoms with van der Waals surface area (Å²) in [7, 11) is 0. The molecule has 3 aromatic rings. The molecule has 0 aliphatic heterocycles. The van der Waals surface area contributed by atoms with Gasteiger partial charge in [0, 0.05) is 29.4 Å². The first-order chi connectivity index (χ1) is 12.6. The van der Waals surface area contributed by atoms with E-state index in [0.717, 1.165) is 47.6 Å². The first-order valence-electron chi connectivity index (χ1n) is 8.59. The number of aryl methyl sites for hydroxylation is 1. The molecule has 0 bridgehead atoms. The molecule has 1 fully saturated rings. The number of aldehydes is 1. The van der Waals surface area contributed by atoms with Gasteiger partial charge in [-0.1, -0.05) is 12.1 Å². The lowest BCUT2D eigenvalue weighted by atomic mass is 9.99. The average molecular weight is 353 g/mol. The Morgan fingerprint density at radius 1 is 1.19 bits per heavy atom. The maximum absolute atomic E-state index is 13.6. The summed E-state index contributed by atoms with van der Waals surface area (Å²) >= 11 is 0. The van der Waals surface area contributed by atoms with Crippen molar-refractivity contribution in [3.8, 4) is 22.5 Å². The van der Waals surface area contributed by atoms with E-state index in [1.807, 2.05) is 31.2 Å². The molecular weight excluding hydrogens is 336 g/mol. The highest BCUT2D eigenvalue weighted by Crippen LogP contribution is 2.42. The lowest BCUT2D eigenvalue weighted by Gasteiger charge is -2.05. The van der Waals surface area contributed by atoms with Crippen LogP contribution in [0.5, 0.6) is 0 Å². The van der Waals surface area contributed by atoms with Gasteiger partial charge in [0.05, 0.1) is 11.4 Å². The Bertz CT molecular complexity index is 993. The van der Waals surface area contributed by atoms with Gasteiger partial charge in [-0.2, -0.15) is 9.49 Å². The van der Waals surface area contributed by atoms with Crippen LogP contribution in [0.1, 0.15) is 41.6 Å². The second kappa shape index (κ2) is 6.44. The van der Waals surface area contributed by atoms with Gasteiger partial charge in [-0.3, -0.25) is 9.48 Å². The largest absolute Gasteiger partial charge is 0.298 e. The molecule has 1 aromatic carbocycles. The Morgan fingerprint density at radius 3 is 2.65 bits per heavy atom. The molecule has 4 nitrogen and oxygen atoms in total. The molecule has 0 saturated heterocycles. The van der Waals surface area contributed by atoms with Crippen molar-refractivity contribution in [2.24, 2.45) is 0 Å². The minimum Gasteiger partial charge on any atom is -0.298 e. The first-order valence-corrected chi connectivity index (χ1v) is 8.59. The van der Waals surface area contributed by atoms with Crippen LogP contribution in [-0.4, -0.2) is 21.1 Å². The quantitative estimate of drug-likeness (QED) is 0.497. The van der Waals surface area contributed by atoms with Gasteiger partial charge in [0.1, 0.15) is 6.29 Å². The highest BCUT2D eigenvalue weighted by molar-refractivity contribution is 5.80. The number of carbonyl (C=O) groups is 1. The third-order valence-corrected chi connectivity index (χ3v) is 4.70. The summed E-state index contributed by atoms with van der Waals surface area (Å²) in [6, 6.07) is 8.66. The normalized spacial score (nSPS) is 13.8. The molecule has 0 amide bonds. The van der Waals surface area contributed by atoms with Crippen molar-refractivity contribution in [2.75, 3.05) is 0 Å². The highest BCUT2D eigenvalue weighted by atomic mass is 19.2. The minimum atomic E-state index is -1.12. The van der Waals surface area contributed by atoms with Crippen LogP contribution in [0.4, 0.5) is 8.78 Å². The molecule has 6 heteroatoms. The molecule has 1 saturated carbocycles. The predicted molar refractivity (Wildman–Crippen MR) is 93.8 cm³/mol. The highest BCUT2D eigenvalue weighted by Gasteiger charge is 2.26. The SMILES string of the molecule is CCn1nc(-c2ccc(C=O)c(C3CC3)c2)cc1-c1cnc(F)c(F)c1. The molecule has 4 rings (SSSR count). The molecule has 1 aliphatic rings. The number of pyridine rings is 1. The van der Waals surface area contributed by atoms with Crippen LogP contribution in [-0.2, 0) is 6.54 Å². The zero-order valence-corrected chi connectivity index (χ0v) is 14.2. The minimum absolute atomic E-state index is 0.443. The van der Waals surface area contributed by atoms with Crippen molar-refractivity contribution in [1.82, 2.24) is 14.8 Å². The van der Waals surface area contributed by atoms with Crippen molar-refractivity contribution in [1.29, 1.82) is 0 Å². The molecule has 26 heavy (non-hydrogen) atoms. The van der Waals surface area contributed by atoms with E-state index in [4.69, 9.17) is 0 Å². The fraction of sp³-hybridized carbons (Fsp3) is 0.250. The number of aromatic nitrogens is 3. The van der Waals surface area contributed by atoms with E-state index in [1.54, 1.807) is 4.68 Å². The van der Waals surface area contributed by atoms with Crippen LogP contribution in [0.15, 0.2) is 36.5 Å². The Kier molecular flexibility index (Phi) is 4.11. The first kappa shape index (κ1) is 16.6. The smallest absolute Gasteiger partial charge is 0.248 e. The van der Waals surface area contributed by atoms with Gasteiger partial charge in [-0.25, -0.2) is 9.37 Å². The van der Waals surface area contributed by atoms with E-state index in [1.165, 1.54) is 6.20 Å². The molecule has 132 valence electrons. The molecule has 0 N–H and O–H groups in total. The van der Waals surface area contributed by atoms with E-state index in [-0.39, 0.29) is 0 Å². The van der Waals surface area contributed by atoms with Gasteiger partial charge < -0.3 is 0 Å². The van der Waals surface area contributed by atoms with Crippen LogP contribution in [0, 0.1) is 11.8 Å². The van der Waals surface area contributed by atoms with Crippen LogP contribution >= 0.6 is 0 Å². The molecule has 0 unspecified atom stereocenters. The second-order valence-electron chi connectivity index (χ2n) is 6.46. The van der Waals surface area contributed by atoms with Gasteiger partial charge in [-0.05, 0) is 49.4 Å². The molecule has 0 radical (unpaired) electrons. The van der Waals surface area contributed by atoms with Crippen molar-refractivity contribution in [3.05, 3.63) is 59.4 Å². The average Bonchev–Trinajstić information content (AvgIpc) is 3.42. The van der Waals surface area contributed by atoms with Gasteiger partial charge in [0.25, 0.3) is 0 Å². The third kappa shape index (κ3) is 2.92. The fourth-order valence-electron chi connectivity index (χ4n) is 3.18. The summed E-state index contributed by atoms with van der Waals surface area (Å²) in [5.41, 5.74) is 4.54. The molecular formula is C20H17F2N3O. The van der Waals surface area contributed by atoms with Crippen LogP contribution in [0.3, 0.4) is 0 Å². The third-order valence-electron chi connectivity index (χ3n) is 4.70. The van der Waals surface area contributed by atoms with Gasteiger partial charge >= 0.3 is 0 Å². The summed E-state index contributed by atoms with van der Waals surface area (Å²) in [6.07, 6.45) is 4.38. The Morgan fingerprint density at radius 2 is 2.00 bits per heavy atom. The Hall–Kier alpha value is -2.89. The van der Waals surface area contributed by atoms with Crippen LogP contribution < -0.4 is 0 Å². The molecule has 2 heterocycles. The van der Waals surface area contributed by atoms with Crippen molar-refractivity contribution >= 4 is 6.29 Å². The fourth-order valence-corrected chi connectivity index (χ4v) is 3.18. The summed E-state index contributed by atoms with van der Waals surface area (Å²) < 4.78 is 28.4. The van der Waals surface area contributed by atoms with E-state index >= 15 is 0 Å². The summed E-state index contributed by atoms with van der Waals surface area (Å²) in [5.74, 6) is -1.66. The number of hydrogen-bond donors (Lipinski definition) is 0. The Balaban J connectivity index is 1.79. The lowest BCUT2D eigenvalue weighted by molar-refractivity contribution is 0.112. The number of halogens is 2. The lowest BCUT2D eigenvalue weighted by Crippen LogP contribution is -2.00. The van der Waals surface area contributed by atoms with E-state index in [2.05, 4.69) is 10.1 Å². The van der Waals surface area contributed by atoms with E-state index in [0.29, 0.717) is 23.7 Å². The number of nitrogens with zero attached hydrogens (tertiary/aromatic N) is 3. The Labute approximate surface area is 149 Å². The predicted octanol–water partition coefficient (Wildman–Crippen LogP) is 4.60. The van der Waals surface area contributed by atoms with Crippen molar-refractivity contribution in [3.63, 3.8) is 0 Å². The van der Waals surface area contributed by atoms with E-state index in [9.17, 15) is 13.6 Å². The van der Waals surface area contributed by atoms with Gasteiger partial charge in [-0.15, -0.1) is 0 Å². The number of rotatable bonds is 5. The number of hydrogen-bond acceptors (Lipinski definition) is 3. The second-order valence-corrected chi connectivity index (χ2v) is 6.46. The van der Waals surface area contributed by atoms with E-state index < -0.39 is 11.8 Å². The molecule has 1 aliphatic carbocycles. The zero-order valence-electron chi connectivity index (χ0n) is 14.2. The summed E-state index contributed by atoms with van der Waals surface area (Å²) in [6.45, 7) is 2.51. The number of benzene rings is 1. The molecule has 0 atom stereocenters. The van der Waals surface area contributed by atoms with Crippen molar-refractivity contribution < 1.29 is 13.6 Å². The van der Waals surface area contributed by atoms with Gasteiger partial charge in [0.15, 0.2) is 5.82 Å². The molecule has 2 aromatic heterocycles. The topological polar surface area (TPSA) is 47.8 Å². The maximum atomic E-state index is 13.6. The molecule has 0 spiro atoms. The monoisotopic (exact) mass is 353 g/mol. The van der Waals surface area contributed by atoms with Crippen LogP contribution in [0.2, 0.25) is 0 Å². The maximum Gasteiger partial charge on any atom is 0.248 e. The van der Waals surface area contributed by atoms with Gasteiger partial charge in [0.2, 0.25) is 5.95 Å². The standard InChI is InChI=1S/C20H17F2N3O/c1-2-25-19(15-8-17(21)20(22)23-10-15)9-18(24-25)13-5-6-14(11-26)16(7-13)12-3-4-12/h5-12H,2-4H2,1H3. The summed E-state index contributed by atoms with van der Waals surface area (Å²) in [4.78, 5) is 14.7. The van der Waals surface area contributed by atoms with Crippen LogP contribution in [0.25, 0.3) is 22.5 Å². The number of carbonyl (C=O) groups excluding carboxylic acids is 1. The zero-order chi connectivity index (χ0) is 18.3. The summed E-state index contributed by atoms with van der Waals surface area (Å²) in [5, 5.41) is 4.59. The van der Waals surface area contributed by atoms with Crippen molar-refractivity contribution in [2.45, 2.75) is 32.2 Å².